The first-order valence-corrected chi connectivity index (χ1v) is 10.5. The van der Waals surface area contributed by atoms with Crippen LogP contribution in [0.15, 0.2) is 49.2 Å². The summed E-state index contributed by atoms with van der Waals surface area (Å²) in [6.45, 7) is 1.34. The molecule has 4 aromatic rings. The molecule has 3 heterocycles. The largest absolute Gasteiger partial charge is 0.416 e. The molecule has 0 fully saturated rings. The van der Waals surface area contributed by atoms with Gasteiger partial charge in [-0.3, -0.25) is 19.4 Å². The van der Waals surface area contributed by atoms with Crippen LogP contribution in [0.3, 0.4) is 0 Å². The molecule has 0 aliphatic carbocycles. The van der Waals surface area contributed by atoms with E-state index in [0.717, 1.165) is 22.1 Å². The monoisotopic (exact) mass is 513 g/mol. The molecule has 0 spiro atoms. The summed E-state index contributed by atoms with van der Waals surface area (Å²) >= 11 is 0.950. The van der Waals surface area contributed by atoms with Gasteiger partial charge in [-0.2, -0.15) is 31.4 Å². The normalized spacial score (nSPS) is 13.0. The molecule has 1 N–H and O–H groups in total. The van der Waals surface area contributed by atoms with E-state index in [9.17, 15) is 31.1 Å². The van der Waals surface area contributed by atoms with Crippen molar-refractivity contribution in [3.63, 3.8) is 0 Å². The van der Waals surface area contributed by atoms with Crippen molar-refractivity contribution >= 4 is 22.9 Å². The molecule has 0 aliphatic heterocycles. The lowest BCUT2D eigenvalue weighted by atomic mass is 9.98. The van der Waals surface area contributed by atoms with Gasteiger partial charge in [-0.15, -0.1) is 10.2 Å². The number of benzene rings is 1. The molecule has 3 aromatic heterocycles. The molecular formula is C20H13F6N7OS. The van der Waals surface area contributed by atoms with Crippen molar-refractivity contribution in [1.82, 2.24) is 29.9 Å². The van der Waals surface area contributed by atoms with E-state index >= 15 is 0 Å². The maximum absolute atomic E-state index is 13.5. The number of aromatic nitrogens is 6. The number of hydrogen-bond acceptors (Lipinski definition) is 7. The molecule has 8 nitrogen and oxygen atoms in total. The molecule has 35 heavy (non-hydrogen) atoms. The topological polar surface area (TPSA) is 98.5 Å². The van der Waals surface area contributed by atoms with Gasteiger partial charge >= 0.3 is 12.4 Å². The maximum Gasteiger partial charge on any atom is 0.416 e. The second kappa shape index (κ2) is 9.05. The molecule has 15 heteroatoms. The van der Waals surface area contributed by atoms with Crippen LogP contribution in [0, 0.1) is 0 Å². The summed E-state index contributed by atoms with van der Waals surface area (Å²) in [6.07, 6.45) is -3.13. The second-order valence-electron chi connectivity index (χ2n) is 7.14. The average Bonchev–Trinajstić information content (AvgIpc) is 3.48. The Labute approximate surface area is 196 Å². The number of alkyl halides is 6. The van der Waals surface area contributed by atoms with Gasteiger partial charge in [0.15, 0.2) is 5.01 Å². The Kier molecular flexibility index (Phi) is 6.27. The van der Waals surface area contributed by atoms with Gasteiger partial charge in [-0.25, -0.2) is 0 Å². The van der Waals surface area contributed by atoms with Gasteiger partial charge in [0.1, 0.15) is 5.69 Å². The number of rotatable bonds is 5. The molecule has 0 saturated heterocycles. The molecule has 1 atom stereocenters. The highest BCUT2D eigenvalue weighted by Gasteiger charge is 2.39. The van der Waals surface area contributed by atoms with E-state index in [4.69, 9.17) is 0 Å². The van der Waals surface area contributed by atoms with Crippen LogP contribution in [0.25, 0.3) is 10.7 Å². The second-order valence-corrected chi connectivity index (χ2v) is 8.12. The van der Waals surface area contributed by atoms with Crippen LogP contribution in [0.5, 0.6) is 0 Å². The molecule has 0 saturated carbocycles. The number of hydrogen-bond donors (Lipinski definition) is 1. The third-order valence-electron chi connectivity index (χ3n) is 4.79. The minimum atomic E-state index is -5.02. The number of nitrogens with zero attached hydrogens (tertiary/aromatic N) is 6. The number of anilines is 1. The highest BCUT2D eigenvalue weighted by Crippen LogP contribution is 2.39. The van der Waals surface area contributed by atoms with Crippen molar-refractivity contribution < 1.29 is 31.1 Å². The van der Waals surface area contributed by atoms with E-state index in [-0.39, 0.29) is 16.8 Å². The summed E-state index contributed by atoms with van der Waals surface area (Å²) in [4.78, 5) is 20.5. The quantitative estimate of drug-likeness (QED) is 0.374. The smallest absolute Gasteiger partial charge is 0.317 e. The van der Waals surface area contributed by atoms with Gasteiger partial charge < -0.3 is 5.32 Å². The molecule has 1 amide bonds. The van der Waals surface area contributed by atoms with E-state index in [1.807, 2.05) is 0 Å². The Morgan fingerprint density at radius 3 is 2.49 bits per heavy atom. The minimum absolute atomic E-state index is 0.00597. The standard InChI is InChI=1S/C20H13F6N7OS/c1-10(13-3-2-11(19(21,22)23)6-14(13)20(24,25)26)33-9-12(7-29-33)30-16(34)18-32-31-17(35-18)15-8-27-4-5-28-15/h2-10H,1H3,(H,30,34)/t10-/m1/s1. The van der Waals surface area contributed by atoms with Crippen molar-refractivity contribution in [3.8, 4) is 10.7 Å². The number of nitrogens with one attached hydrogen (secondary N) is 1. The first kappa shape index (κ1) is 24.3. The Morgan fingerprint density at radius 2 is 1.83 bits per heavy atom. The van der Waals surface area contributed by atoms with Crippen molar-refractivity contribution in [3.05, 3.63) is 70.9 Å². The van der Waals surface area contributed by atoms with Crippen molar-refractivity contribution in [2.45, 2.75) is 25.3 Å². The van der Waals surface area contributed by atoms with Crippen LogP contribution in [0.4, 0.5) is 32.0 Å². The summed E-state index contributed by atoms with van der Waals surface area (Å²) in [6, 6.07) is 0.329. The summed E-state index contributed by atoms with van der Waals surface area (Å²) in [5, 5.41) is 14.5. The zero-order chi connectivity index (χ0) is 25.4. The highest BCUT2D eigenvalue weighted by molar-refractivity contribution is 7.16. The van der Waals surface area contributed by atoms with Crippen molar-refractivity contribution in [2.24, 2.45) is 0 Å². The summed E-state index contributed by atoms with van der Waals surface area (Å²) in [7, 11) is 0. The molecule has 0 unspecified atom stereocenters. The molecular weight excluding hydrogens is 500 g/mol. The number of halogens is 6. The van der Waals surface area contributed by atoms with Gasteiger partial charge in [0.05, 0.1) is 35.2 Å². The van der Waals surface area contributed by atoms with E-state index in [2.05, 4.69) is 30.6 Å². The molecule has 0 aliphatic rings. The Balaban J connectivity index is 1.54. The summed E-state index contributed by atoms with van der Waals surface area (Å²) in [5.41, 5.74) is -2.69. The summed E-state index contributed by atoms with van der Waals surface area (Å²) < 4.78 is 80.4. The number of carbonyl (C=O) groups is 1. The Hall–Kier alpha value is -3.88. The van der Waals surface area contributed by atoms with Gasteiger partial charge in [0.2, 0.25) is 5.01 Å². The van der Waals surface area contributed by atoms with Crippen molar-refractivity contribution in [2.75, 3.05) is 5.32 Å². The van der Waals surface area contributed by atoms with E-state index in [1.54, 1.807) is 0 Å². The Bertz CT molecular complexity index is 1350. The zero-order valence-electron chi connectivity index (χ0n) is 17.5. The zero-order valence-corrected chi connectivity index (χ0v) is 18.3. The molecule has 1 aromatic carbocycles. The maximum atomic E-state index is 13.5. The predicted octanol–water partition coefficient (Wildman–Crippen LogP) is 5.09. The highest BCUT2D eigenvalue weighted by atomic mass is 32.1. The Morgan fingerprint density at radius 1 is 1.06 bits per heavy atom. The van der Waals surface area contributed by atoms with Crippen LogP contribution < -0.4 is 5.32 Å². The fourth-order valence-corrected chi connectivity index (χ4v) is 3.81. The first-order valence-electron chi connectivity index (χ1n) is 9.67. The van der Waals surface area contributed by atoms with E-state index in [1.165, 1.54) is 37.9 Å². The van der Waals surface area contributed by atoms with Gasteiger partial charge in [-0.1, -0.05) is 17.4 Å². The average molecular weight is 513 g/mol. The third-order valence-corrected chi connectivity index (χ3v) is 5.74. The van der Waals surface area contributed by atoms with Crippen LogP contribution in [0.1, 0.15) is 39.5 Å². The third kappa shape index (κ3) is 5.29. The predicted molar refractivity (Wildman–Crippen MR) is 111 cm³/mol. The lowest BCUT2D eigenvalue weighted by Gasteiger charge is -2.20. The molecule has 0 bridgehead atoms. The number of carbonyl (C=O) groups excluding carboxylic acids is 1. The number of amides is 1. The fraction of sp³-hybridized carbons (Fsp3) is 0.200. The lowest BCUT2D eigenvalue weighted by Crippen LogP contribution is -2.17. The van der Waals surface area contributed by atoms with Crippen molar-refractivity contribution in [1.29, 1.82) is 0 Å². The van der Waals surface area contributed by atoms with E-state index in [0.29, 0.717) is 16.8 Å². The first-order chi connectivity index (χ1) is 16.4. The van der Waals surface area contributed by atoms with Crippen LogP contribution in [-0.4, -0.2) is 35.9 Å². The summed E-state index contributed by atoms with van der Waals surface area (Å²) in [5.74, 6) is -0.643. The lowest BCUT2D eigenvalue weighted by molar-refractivity contribution is -0.143. The van der Waals surface area contributed by atoms with E-state index < -0.39 is 41.0 Å². The van der Waals surface area contributed by atoms with Crippen LogP contribution in [-0.2, 0) is 12.4 Å². The van der Waals surface area contributed by atoms with Crippen LogP contribution in [0.2, 0.25) is 0 Å². The van der Waals surface area contributed by atoms with Crippen LogP contribution >= 0.6 is 11.3 Å². The van der Waals surface area contributed by atoms with Gasteiger partial charge in [0, 0.05) is 18.6 Å². The fourth-order valence-electron chi connectivity index (χ4n) is 3.11. The van der Waals surface area contributed by atoms with Gasteiger partial charge in [-0.05, 0) is 24.6 Å². The minimum Gasteiger partial charge on any atom is -0.317 e. The van der Waals surface area contributed by atoms with Gasteiger partial charge in [0.25, 0.3) is 5.91 Å². The molecule has 182 valence electrons. The molecule has 0 radical (unpaired) electrons. The SMILES string of the molecule is C[C@H](c1ccc(C(F)(F)F)cc1C(F)(F)F)n1cc(NC(=O)c2nnc(-c3cnccn3)s2)cn1. The molecule has 4 rings (SSSR count).